The lowest BCUT2D eigenvalue weighted by molar-refractivity contribution is 1.33. The topological polar surface area (TPSA) is 12.9 Å². The average Bonchev–Trinajstić information content (AvgIpc) is 3.20. The van der Waals surface area contributed by atoms with Gasteiger partial charge in [0, 0.05) is 12.4 Å². The van der Waals surface area contributed by atoms with Crippen LogP contribution >= 0.6 is 0 Å². The predicted octanol–water partition coefficient (Wildman–Crippen LogP) is 13.8. The van der Waals surface area contributed by atoms with Crippen molar-refractivity contribution in [1.29, 1.82) is 0 Å². The summed E-state index contributed by atoms with van der Waals surface area (Å²) >= 11 is 0. The molecule has 0 unspecified atom stereocenters. The molecule has 0 radical (unpaired) electrons. The van der Waals surface area contributed by atoms with Gasteiger partial charge in [0.2, 0.25) is 0 Å². The number of hydrogen-bond donors (Lipinski definition) is 0. The standard InChI is InChI=1S/C50H33N/c1-32-8-4-9-35-21-22-37-11-6-16-47(50(37)48(32)35)46-15-5-10-36-23-24-39-30-38(25-26-43(39)49(36)46)42-28-27-41(44-13-2-3-14-45(42)44)34-19-17-33(18-20-34)40-12-7-29-51-31-40/h2-31H,1H3. The first-order chi connectivity index (χ1) is 25.2. The van der Waals surface area contributed by atoms with E-state index in [1.807, 2.05) is 18.5 Å². The predicted molar refractivity (Wildman–Crippen MR) is 218 cm³/mol. The minimum atomic E-state index is 1.13. The van der Waals surface area contributed by atoms with E-state index in [4.69, 9.17) is 0 Å². The first-order valence-electron chi connectivity index (χ1n) is 17.6. The highest BCUT2D eigenvalue weighted by atomic mass is 14.6. The zero-order chi connectivity index (χ0) is 33.9. The van der Waals surface area contributed by atoms with Crippen LogP contribution < -0.4 is 0 Å². The van der Waals surface area contributed by atoms with E-state index in [-0.39, 0.29) is 0 Å². The van der Waals surface area contributed by atoms with Crippen LogP contribution in [0.2, 0.25) is 0 Å². The number of pyridine rings is 1. The molecule has 51 heavy (non-hydrogen) atoms. The van der Waals surface area contributed by atoms with Crippen molar-refractivity contribution in [3.63, 3.8) is 0 Å². The lowest BCUT2D eigenvalue weighted by Gasteiger charge is -2.16. The summed E-state index contributed by atoms with van der Waals surface area (Å²) in [5.74, 6) is 0. The molecule has 0 spiro atoms. The summed E-state index contributed by atoms with van der Waals surface area (Å²) in [6.45, 7) is 2.23. The van der Waals surface area contributed by atoms with Crippen LogP contribution in [0.1, 0.15) is 5.56 Å². The van der Waals surface area contributed by atoms with Crippen LogP contribution in [-0.4, -0.2) is 4.98 Å². The second-order valence-corrected chi connectivity index (χ2v) is 13.6. The average molecular weight is 648 g/mol. The maximum atomic E-state index is 4.30. The third kappa shape index (κ3) is 4.81. The molecule has 0 aliphatic rings. The highest BCUT2D eigenvalue weighted by molar-refractivity contribution is 6.22. The Morgan fingerprint density at radius 3 is 1.63 bits per heavy atom. The van der Waals surface area contributed by atoms with Crippen LogP contribution in [0.5, 0.6) is 0 Å². The monoisotopic (exact) mass is 647 g/mol. The van der Waals surface area contributed by atoms with Crippen LogP contribution in [-0.2, 0) is 0 Å². The summed E-state index contributed by atoms with van der Waals surface area (Å²) in [5, 5.41) is 12.8. The molecule has 0 bridgehead atoms. The highest BCUT2D eigenvalue weighted by Crippen LogP contribution is 2.42. The molecule has 1 nitrogen and oxygen atoms in total. The van der Waals surface area contributed by atoms with Crippen molar-refractivity contribution in [2.45, 2.75) is 6.92 Å². The van der Waals surface area contributed by atoms with Crippen molar-refractivity contribution in [2.24, 2.45) is 0 Å². The van der Waals surface area contributed by atoms with Crippen molar-refractivity contribution in [3.8, 4) is 44.5 Å². The quantitative estimate of drug-likeness (QED) is 0.173. The van der Waals surface area contributed by atoms with Gasteiger partial charge in [-0.1, -0.05) is 158 Å². The Kier molecular flexibility index (Phi) is 6.79. The molecule has 0 aliphatic heterocycles. The van der Waals surface area contributed by atoms with Gasteiger partial charge in [0.25, 0.3) is 0 Å². The normalized spacial score (nSPS) is 11.6. The molecule has 0 atom stereocenters. The minimum Gasteiger partial charge on any atom is -0.264 e. The van der Waals surface area contributed by atoms with Crippen molar-refractivity contribution in [1.82, 2.24) is 4.98 Å². The largest absolute Gasteiger partial charge is 0.264 e. The summed E-state index contributed by atoms with van der Waals surface area (Å²) in [4.78, 5) is 4.30. The van der Waals surface area contributed by atoms with Crippen LogP contribution in [0.3, 0.4) is 0 Å². The van der Waals surface area contributed by atoms with Gasteiger partial charge < -0.3 is 0 Å². The van der Waals surface area contributed by atoms with Gasteiger partial charge >= 0.3 is 0 Å². The fourth-order valence-electron chi connectivity index (χ4n) is 8.25. The van der Waals surface area contributed by atoms with E-state index in [2.05, 4.69) is 176 Å². The van der Waals surface area contributed by atoms with Crippen molar-refractivity contribution in [3.05, 3.63) is 188 Å². The van der Waals surface area contributed by atoms with Gasteiger partial charge in [-0.25, -0.2) is 0 Å². The number of benzene rings is 9. The zero-order valence-corrected chi connectivity index (χ0v) is 28.3. The Bertz CT molecular complexity index is 2960. The molecule has 10 rings (SSSR count). The van der Waals surface area contributed by atoms with Gasteiger partial charge in [-0.3, -0.25) is 4.98 Å². The van der Waals surface area contributed by atoms with Crippen LogP contribution in [0.25, 0.3) is 98.4 Å². The van der Waals surface area contributed by atoms with E-state index in [1.54, 1.807) is 0 Å². The smallest absolute Gasteiger partial charge is 0.0346 e. The molecule has 0 aliphatic carbocycles. The number of hydrogen-bond acceptors (Lipinski definition) is 1. The summed E-state index contributed by atoms with van der Waals surface area (Å²) in [6.07, 6.45) is 3.73. The van der Waals surface area contributed by atoms with Gasteiger partial charge in [-0.15, -0.1) is 0 Å². The number of aromatic nitrogens is 1. The van der Waals surface area contributed by atoms with Crippen LogP contribution in [0, 0.1) is 6.92 Å². The number of aryl methyl sites for hydroxylation is 1. The second kappa shape index (κ2) is 11.8. The van der Waals surface area contributed by atoms with Crippen molar-refractivity contribution < 1.29 is 0 Å². The fraction of sp³-hybridized carbons (Fsp3) is 0.0200. The molecule has 0 N–H and O–H groups in total. The van der Waals surface area contributed by atoms with E-state index in [9.17, 15) is 0 Å². The first-order valence-corrected chi connectivity index (χ1v) is 17.6. The summed E-state index contributed by atoms with van der Waals surface area (Å²) in [5.41, 5.74) is 11.1. The molecule has 10 aromatic rings. The number of rotatable bonds is 4. The number of nitrogens with zero attached hydrogens (tertiary/aromatic N) is 1. The molecule has 0 fully saturated rings. The molecule has 1 aromatic heterocycles. The van der Waals surface area contributed by atoms with E-state index < -0.39 is 0 Å². The molecule has 1 heteroatoms. The van der Waals surface area contributed by atoms with Gasteiger partial charge in [-0.05, 0) is 123 Å². The molecule has 0 amide bonds. The van der Waals surface area contributed by atoms with Crippen LogP contribution in [0.15, 0.2) is 182 Å². The van der Waals surface area contributed by atoms with E-state index in [0.29, 0.717) is 0 Å². The van der Waals surface area contributed by atoms with Gasteiger partial charge in [0.15, 0.2) is 0 Å². The Labute approximate surface area is 297 Å². The maximum Gasteiger partial charge on any atom is 0.0346 e. The molecule has 238 valence electrons. The SMILES string of the molecule is Cc1cccc2ccc3cccc(-c4cccc5ccc6cc(-c7ccc(-c8ccc(-c9cccnc9)cc8)c8ccccc78)ccc6c45)c3c12. The van der Waals surface area contributed by atoms with E-state index in [0.717, 1.165) is 5.56 Å². The van der Waals surface area contributed by atoms with Crippen molar-refractivity contribution in [2.75, 3.05) is 0 Å². The summed E-state index contributed by atoms with van der Waals surface area (Å²) in [7, 11) is 0. The minimum absolute atomic E-state index is 1.13. The van der Waals surface area contributed by atoms with Crippen LogP contribution in [0.4, 0.5) is 0 Å². The zero-order valence-electron chi connectivity index (χ0n) is 28.3. The van der Waals surface area contributed by atoms with Gasteiger partial charge in [-0.2, -0.15) is 0 Å². The fourth-order valence-corrected chi connectivity index (χ4v) is 8.25. The lowest BCUT2D eigenvalue weighted by atomic mass is 9.87. The molecule has 9 aromatic carbocycles. The molecular weight excluding hydrogens is 615 g/mol. The van der Waals surface area contributed by atoms with Gasteiger partial charge in [0.05, 0.1) is 0 Å². The summed E-state index contributed by atoms with van der Waals surface area (Å²) in [6, 6.07) is 62.5. The third-order valence-electron chi connectivity index (χ3n) is 10.7. The third-order valence-corrected chi connectivity index (χ3v) is 10.7. The maximum absolute atomic E-state index is 4.30. The molecular formula is C50H33N. The molecule has 0 saturated carbocycles. The van der Waals surface area contributed by atoms with Crippen molar-refractivity contribution >= 4 is 53.9 Å². The highest BCUT2D eigenvalue weighted by Gasteiger charge is 2.15. The second-order valence-electron chi connectivity index (χ2n) is 13.6. The molecule has 1 heterocycles. The van der Waals surface area contributed by atoms with E-state index >= 15 is 0 Å². The Hall–Kier alpha value is -6.57. The first kappa shape index (κ1) is 29.4. The van der Waals surface area contributed by atoms with E-state index in [1.165, 1.54) is 98.4 Å². The Balaban J connectivity index is 1.12. The number of fused-ring (bicyclic) bond motifs is 7. The molecule has 0 saturated heterocycles. The Morgan fingerprint density at radius 1 is 0.333 bits per heavy atom. The summed E-state index contributed by atoms with van der Waals surface area (Å²) < 4.78 is 0. The lowest BCUT2D eigenvalue weighted by Crippen LogP contribution is -1.89. The van der Waals surface area contributed by atoms with Gasteiger partial charge in [0.1, 0.15) is 0 Å². The Morgan fingerprint density at radius 2 is 0.922 bits per heavy atom.